The normalized spacial score (nSPS) is 18.8. The van der Waals surface area contributed by atoms with Gasteiger partial charge in [0.15, 0.2) is 5.82 Å². The number of benzene rings is 1. The third-order valence-corrected chi connectivity index (χ3v) is 4.13. The highest BCUT2D eigenvalue weighted by Gasteiger charge is 2.16. The van der Waals surface area contributed by atoms with E-state index in [1.54, 1.807) is 0 Å². The maximum absolute atomic E-state index is 5.37. The van der Waals surface area contributed by atoms with E-state index in [0.717, 1.165) is 44.1 Å². The molecule has 4 heteroatoms. The van der Waals surface area contributed by atoms with Crippen LogP contribution in [0.3, 0.4) is 0 Å². The van der Waals surface area contributed by atoms with Crippen molar-refractivity contribution in [3.63, 3.8) is 0 Å². The molecular formula is C17H23N3O. The molecule has 0 radical (unpaired) electrons. The first kappa shape index (κ1) is 14.3. The number of hydrogen-bond donors (Lipinski definition) is 1. The average molecular weight is 285 g/mol. The molecule has 2 aromatic rings. The largest absolute Gasteiger partial charge is 0.339 e. The van der Waals surface area contributed by atoms with Crippen molar-refractivity contribution in [3.05, 3.63) is 47.1 Å². The van der Waals surface area contributed by atoms with Crippen LogP contribution >= 0.6 is 0 Å². The molecule has 3 rings (SSSR count). The van der Waals surface area contributed by atoms with Gasteiger partial charge in [0, 0.05) is 12.8 Å². The molecule has 2 heterocycles. The summed E-state index contributed by atoms with van der Waals surface area (Å²) in [6.07, 6.45) is 5.22. The summed E-state index contributed by atoms with van der Waals surface area (Å²) in [5.41, 5.74) is 2.61. The molecule has 1 aromatic heterocycles. The highest BCUT2D eigenvalue weighted by Crippen LogP contribution is 2.15. The molecular weight excluding hydrogens is 262 g/mol. The number of nitrogens with one attached hydrogen (secondary N) is 1. The molecule has 0 aliphatic carbocycles. The Balaban J connectivity index is 1.51. The van der Waals surface area contributed by atoms with E-state index >= 15 is 0 Å². The van der Waals surface area contributed by atoms with Crippen molar-refractivity contribution in [2.24, 2.45) is 5.92 Å². The topological polar surface area (TPSA) is 51.0 Å². The van der Waals surface area contributed by atoms with Gasteiger partial charge in [-0.3, -0.25) is 0 Å². The van der Waals surface area contributed by atoms with Crippen LogP contribution in [0.1, 0.15) is 35.7 Å². The van der Waals surface area contributed by atoms with Gasteiger partial charge >= 0.3 is 0 Å². The third kappa shape index (κ3) is 4.14. The standard InChI is InChI=1S/C17H23N3O/c1-13-4-6-14(7-5-13)8-9-17-19-16(20-21-17)11-15-3-2-10-18-12-15/h4-7,15,18H,2-3,8-12H2,1H3. The van der Waals surface area contributed by atoms with E-state index in [1.807, 2.05) is 0 Å². The Hall–Kier alpha value is -1.68. The van der Waals surface area contributed by atoms with E-state index in [4.69, 9.17) is 4.52 Å². The lowest BCUT2D eigenvalue weighted by Gasteiger charge is -2.20. The fourth-order valence-electron chi connectivity index (χ4n) is 2.84. The van der Waals surface area contributed by atoms with Crippen molar-refractivity contribution >= 4 is 0 Å². The molecule has 1 N–H and O–H groups in total. The number of rotatable bonds is 5. The SMILES string of the molecule is Cc1ccc(CCc2nc(CC3CCCNC3)no2)cc1. The maximum atomic E-state index is 5.37. The zero-order valence-corrected chi connectivity index (χ0v) is 12.6. The first-order valence-corrected chi connectivity index (χ1v) is 7.87. The lowest BCUT2D eigenvalue weighted by Crippen LogP contribution is -2.31. The molecule has 1 aromatic carbocycles. The van der Waals surface area contributed by atoms with Gasteiger partial charge in [-0.2, -0.15) is 4.98 Å². The smallest absolute Gasteiger partial charge is 0.226 e. The second kappa shape index (κ2) is 6.85. The fraction of sp³-hybridized carbons (Fsp3) is 0.529. The van der Waals surface area contributed by atoms with Crippen molar-refractivity contribution in [1.82, 2.24) is 15.5 Å². The molecule has 21 heavy (non-hydrogen) atoms. The molecule has 1 fully saturated rings. The van der Waals surface area contributed by atoms with Gasteiger partial charge in [0.25, 0.3) is 0 Å². The van der Waals surface area contributed by atoms with Crippen molar-refractivity contribution in [2.75, 3.05) is 13.1 Å². The molecule has 1 saturated heterocycles. The summed E-state index contributed by atoms with van der Waals surface area (Å²) in [6, 6.07) is 8.62. The highest BCUT2D eigenvalue weighted by molar-refractivity contribution is 5.21. The van der Waals surface area contributed by atoms with Crippen LogP contribution in [-0.4, -0.2) is 23.2 Å². The Kier molecular flexibility index (Phi) is 4.65. The van der Waals surface area contributed by atoms with E-state index in [-0.39, 0.29) is 0 Å². The first-order chi connectivity index (χ1) is 10.3. The van der Waals surface area contributed by atoms with Crippen molar-refractivity contribution in [1.29, 1.82) is 0 Å². The van der Waals surface area contributed by atoms with Crippen LogP contribution in [-0.2, 0) is 19.3 Å². The number of aryl methyl sites for hydroxylation is 3. The van der Waals surface area contributed by atoms with Crippen LogP contribution < -0.4 is 5.32 Å². The van der Waals surface area contributed by atoms with Crippen LogP contribution in [0.5, 0.6) is 0 Å². The van der Waals surface area contributed by atoms with Gasteiger partial charge in [0.1, 0.15) is 0 Å². The van der Waals surface area contributed by atoms with E-state index < -0.39 is 0 Å². The van der Waals surface area contributed by atoms with Crippen LogP contribution in [0.4, 0.5) is 0 Å². The zero-order valence-electron chi connectivity index (χ0n) is 12.6. The zero-order chi connectivity index (χ0) is 14.5. The summed E-state index contributed by atoms with van der Waals surface area (Å²) in [4.78, 5) is 4.53. The van der Waals surface area contributed by atoms with E-state index in [9.17, 15) is 0 Å². The molecule has 1 aliphatic heterocycles. The van der Waals surface area contributed by atoms with Gasteiger partial charge in [0.2, 0.25) is 5.89 Å². The van der Waals surface area contributed by atoms with Gasteiger partial charge in [0.05, 0.1) is 0 Å². The van der Waals surface area contributed by atoms with Crippen molar-refractivity contribution < 1.29 is 4.52 Å². The van der Waals surface area contributed by atoms with Crippen molar-refractivity contribution in [3.8, 4) is 0 Å². The molecule has 4 nitrogen and oxygen atoms in total. The summed E-state index contributed by atoms with van der Waals surface area (Å²) >= 11 is 0. The fourth-order valence-corrected chi connectivity index (χ4v) is 2.84. The monoisotopic (exact) mass is 285 g/mol. The summed E-state index contributed by atoms with van der Waals surface area (Å²) in [6.45, 7) is 4.33. The summed E-state index contributed by atoms with van der Waals surface area (Å²) < 4.78 is 5.37. The minimum Gasteiger partial charge on any atom is -0.339 e. The Morgan fingerprint density at radius 2 is 2.10 bits per heavy atom. The molecule has 1 atom stereocenters. The van der Waals surface area contributed by atoms with Gasteiger partial charge < -0.3 is 9.84 Å². The van der Waals surface area contributed by atoms with Gasteiger partial charge in [-0.05, 0) is 50.8 Å². The molecule has 112 valence electrons. The Morgan fingerprint density at radius 3 is 2.86 bits per heavy atom. The van der Waals surface area contributed by atoms with Gasteiger partial charge in [-0.25, -0.2) is 0 Å². The highest BCUT2D eigenvalue weighted by atomic mass is 16.5. The van der Waals surface area contributed by atoms with E-state index in [0.29, 0.717) is 5.92 Å². The predicted octanol–water partition coefficient (Wildman–Crippen LogP) is 2.71. The number of hydrogen-bond acceptors (Lipinski definition) is 4. The quantitative estimate of drug-likeness (QED) is 0.917. The maximum Gasteiger partial charge on any atom is 0.226 e. The van der Waals surface area contributed by atoms with Crippen molar-refractivity contribution in [2.45, 2.75) is 39.0 Å². The minimum absolute atomic E-state index is 0.654. The third-order valence-electron chi connectivity index (χ3n) is 4.13. The average Bonchev–Trinajstić information content (AvgIpc) is 2.95. The molecule has 0 spiro atoms. The van der Waals surface area contributed by atoms with Crippen LogP contribution in [0, 0.1) is 12.8 Å². The Bertz CT molecular complexity index is 556. The molecule has 0 bridgehead atoms. The molecule has 1 unspecified atom stereocenters. The Labute approximate surface area is 126 Å². The van der Waals surface area contributed by atoms with Crippen LogP contribution in [0.25, 0.3) is 0 Å². The number of aromatic nitrogens is 2. The summed E-state index contributed by atoms with van der Waals surface area (Å²) in [5, 5.41) is 7.55. The Morgan fingerprint density at radius 1 is 1.24 bits per heavy atom. The number of nitrogens with zero attached hydrogens (tertiary/aromatic N) is 2. The lowest BCUT2D eigenvalue weighted by molar-refractivity contribution is 0.349. The van der Waals surface area contributed by atoms with Gasteiger partial charge in [-0.15, -0.1) is 0 Å². The summed E-state index contributed by atoms with van der Waals surface area (Å²) in [7, 11) is 0. The van der Waals surface area contributed by atoms with Crippen LogP contribution in [0.15, 0.2) is 28.8 Å². The number of piperidine rings is 1. The second-order valence-electron chi connectivity index (χ2n) is 6.01. The van der Waals surface area contributed by atoms with E-state index in [1.165, 1.54) is 24.0 Å². The van der Waals surface area contributed by atoms with Crippen LogP contribution in [0.2, 0.25) is 0 Å². The first-order valence-electron chi connectivity index (χ1n) is 7.87. The second-order valence-corrected chi connectivity index (χ2v) is 6.01. The molecule has 0 amide bonds. The minimum atomic E-state index is 0.654. The molecule has 0 saturated carbocycles. The van der Waals surface area contributed by atoms with Gasteiger partial charge in [-0.1, -0.05) is 35.0 Å². The lowest BCUT2D eigenvalue weighted by atomic mass is 9.96. The summed E-state index contributed by atoms with van der Waals surface area (Å²) in [5.74, 6) is 2.28. The molecule has 1 aliphatic rings. The van der Waals surface area contributed by atoms with E-state index in [2.05, 4.69) is 46.6 Å². The predicted molar refractivity (Wildman–Crippen MR) is 82.2 cm³/mol.